The summed E-state index contributed by atoms with van der Waals surface area (Å²) in [5, 5.41) is 88.8. The van der Waals surface area contributed by atoms with Crippen LogP contribution in [0.25, 0.3) is 0 Å². The minimum atomic E-state index is -1.98. The number of cyclic esters (lactones) is 1. The number of ether oxygens (including phenoxy) is 6. The molecule has 0 radical (unpaired) electrons. The first kappa shape index (κ1) is 66.1. The maximum atomic E-state index is 14.8. The molecule has 81 heavy (non-hydrogen) atoms. The number of amides is 1. The van der Waals surface area contributed by atoms with Gasteiger partial charge in [-0.1, -0.05) is 53.2 Å². The molecule has 8 N–H and O–H groups in total. The van der Waals surface area contributed by atoms with E-state index in [1.165, 1.54) is 6.92 Å². The van der Waals surface area contributed by atoms with Crippen LogP contribution >= 0.6 is 0 Å². The number of carbonyl (C=O) groups is 3. The maximum Gasteiger partial charge on any atom is 0.311 e. The molecule has 19 heteroatoms. The van der Waals surface area contributed by atoms with Crippen molar-refractivity contribution < 1.29 is 78.6 Å². The number of hydrogen-bond donors (Lipinski definition) is 8. The van der Waals surface area contributed by atoms with Gasteiger partial charge in [0.05, 0.1) is 47.6 Å². The molecule has 464 valence electrons. The van der Waals surface area contributed by atoms with Gasteiger partial charge in [0.1, 0.15) is 29.5 Å². The zero-order chi connectivity index (χ0) is 60.3. The van der Waals surface area contributed by atoms with E-state index in [1.807, 2.05) is 78.4 Å². The first-order valence-electron chi connectivity index (χ1n) is 30.5. The molecule has 6 fully saturated rings. The molecule has 0 aromatic rings. The molecule has 3 saturated heterocycles. The van der Waals surface area contributed by atoms with Gasteiger partial charge in [0.25, 0.3) is 5.91 Å². The number of likely N-dealkylation sites (N-methyl/N-ethyl adjacent to an activating group) is 1. The second-order valence-electron chi connectivity index (χ2n) is 27.8. The fourth-order valence-electron chi connectivity index (χ4n) is 16.7. The van der Waals surface area contributed by atoms with Gasteiger partial charge in [-0.05, 0) is 150 Å². The predicted molar refractivity (Wildman–Crippen MR) is 303 cm³/mol. The Labute approximate surface area is 482 Å². The molecule has 4 aliphatic carbocycles. The summed E-state index contributed by atoms with van der Waals surface area (Å²) >= 11 is 0. The number of esters is 1. The summed E-state index contributed by atoms with van der Waals surface area (Å²) in [5.41, 5.74) is -6.62. The quantitative estimate of drug-likeness (QED) is 0.0937. The van der Waals surface area contributed by atoms with E-state index in [2.05, 4.69) is 12.2 Å². The molecule has 0 aromatic heterocycles. The number of hydrogen-bond acceptors (Lipinski definition) is 18. The van der Waals surface area contributed by atoms with Crippen molar-refractivity contribution in [1.29, 1.82) is 0 Å². The van der Waals surface area contributed by atoms with Crippen LogP contribution in [0.4, 0.5) is 0 Å². The van der Waals surface area contributed by atoms with Crippen LogP contribution in [0.15, 0.2) is 23.8 Å². The summed E-state index contributed by atoms with van der Waals surface area (Å²) in [6.45, 7) is 24.6. The number of fused-ring (bicyclic) bond motifs is 5. The summed E-state index contributed by atoms with van der Waals surface area (Å²) < 4.78 is 39.0. The van der Waals surface area contributed by atoms with Gasteiger partial charge >= 0.3 is 5.97 Å². The Morgan fingerprint density at radius 1 is 0.938 bits per heavy atom. The molecule has 7 aliphatic rings. The lowest BCUT2D eigenvalue weighted by atomic mass is 9.46. The highest BCUT2D eigenvalue weighted by atomic mass is 16.7. The first-order chi connectivity index (χ1) is 37.6. The minimum Gasteiger partial charge on any atom is -0.459 e. The molecule has 26 atom stereocenters. The fourth-order valence-corrected chi connectivity index (χ4v) is 16.7. The van der Waals surface area contributed by atoms with Crippen LogP contribution in [0.1, 0.15) is 154 Å². The van der Waals surface area contributed by atoms with Gasteiger partial charge in [-0.25, -0.2) is 0 Å². The van der Waals surface area contributed by atoms with Crippen LogP contribution in [-0.4, -0.2) is 206 Å². The van der Waals surface area contributed by atoms with Crippen molar-refractivity contribution in [2.75, 3.05) is 40.8 Å². The number of aliphatic hydroxyl groups excluding tert-OH is 4. The highest BCUT2D eigenvalue weighted by molar-refractivity contribution is 6.01. The molecule has 0 bridgehead atoms. The molecule has 3 saturated carbocycles. The van der Waals surface area contributed by atoms with E-state index in [4.69, 9.17) is 28.4 Å². The molecule has 19 nitrogen and oxygen atoms in total. The number of methoxy groups -OCH3 is 1. The van der Waals surface area contributed by atoms with Crippen molar-refractivity contribution in [2.45, 2.75) is 256 Å². The second kappa shape index (κ2) is 25.1. The first-order valence-corrected chi connectivity index (χ1v) is 30.5. The number of allylic oxidation sites excluding steroid dienone is 4. The lowest BCUT2D eigenvalue weighted by Gasteiger charge is -2.60. The summed E-state index contributed by atoms with van der Waals surface area (Å²) in [7, 11) is 5.40. The monoisotopic (exact) mass is 1150 g/mol. The Hall–Kier alpha value is -2.47. The van der Waals surface area contributed by atoms with Crippen LogP contribution in [0.3, 0.4) is 0 Å². The molecule has 1 amide bonds. The standard InChI is InChI=1S/C62H105N3O16/c1-17-46-61(13,74)51(69)38(7)65(26-18-25-63-54(71)52(70)62(75)24-22-43-42-20-19-40-28-41(66)21-23-57(40,9)48(42)45(67)30-58(43,62)10)32-33(2)29-59(11,73)53(81-56-49(68)44(64(14)15)27-34(3)77-56)35(4)50(36(5)55(72)79-46)80-47-31-60(12,76-16)37(6)39(8)78-47/h21,23,28,33-39,42-53,56,67-70,73-75H,17-20,22,24-27,29-32H2,1-16H3,(H,63,71)/t33-,34-,35+,36-,37-,38-,39?,42?,43?,44-,45+,46-,47?,48?,49-,50+,51-,52?,53-,56+,57+,58+,59-,60+,61-,62+/m1/s1. The van der Waals surface area contributed by atoms with E-state index in [-0.39, 0.29) is 98.9 Å². The molecular formula is C62H105N3O16. The summed E-state index contributed by atoms with van der Waals surface area (Å²) in [4.78, 5) is 45.1. The van der Waals surface area contributed by atoms with E-state index in [0.29, 0.717) is 32.1 Å². The molecule has 6 unspecified atom stereocenters. The van der Waals surface area contributed by atoms with Gasteiger partial charge in [0.2, 0.25) is 0 Å². The number of nitrogens with one attached hydrogen (secondary N) is 1. The van der Waals surface area contributed by atoms with E-state index in [0.717, 1.165) is 12.0 Å². The van der Waals surface area contributed by atoms with Gasteiger partial charge in [-0.15, -0.1) is 0 Å². The number of ketones is 1. The van der Waals surface area contributed by atoms with E-state index >= 15 is 0 Å². The number of nitrogens with zero attached hydrogens (tertiary/aromatic N) is 2. The van der Waals surface area contributed by atoms with Crippen molar-refractivity contribution in [3.63, 3.8) is 0 Å². The summed E-state index contributed by atoms with van der Waals surface area (Å²) in [6, 6.07) is -1.11. The Morgan fingerprint density at radius 2 is 1.62 bits per heavy atom. The third-order valence-electron chi connectivity index (χ3n) is 22.0. The maximum absolute atomic E-state index is 14.8. The van der Waals surface area contributed by atoms with Crippen molar-refractivity contribution in [3.8, 4) is 0 Å². The van der Waals surface area contributed by atoms with Gasteiger partial charge in [-0.2, -0.15) is 0 Å². The Bertz CT molecular complexity index is 2260. The molecular weight excluding hydrogens is 1040 g/mol. The predicted octanol–water partition coefficient (Wildman–Crippen LogP) is 4.42. The normalized spacial score (nSPS) is 48.9. The van der Waals surface area contributed by atoms with Gasteiger partial charge in [0.15, 0.2) is 24.5 Å². The largest absolute Gasteiger partial charge is 0.459 e. The van der Waals surface area contributed by atoms with Gasteiger partial charge in [0, 0.05) is 73.8 Å². The molecule has 3 heterocycles. The average Bonchev–Trinajstić information content (AvgIpc) is 3.26. The third kappa shape index (κ3) is 12.7. The van der Waals surface area contributed by atoms with Crippen molar-refractivity contribution in [2.24, 2.45) is 52.3 Å². The minimum absolute atomic E-state index is 0.00269. The van der Waals surface area contributed by atoms with Crippen molar-refractivity contribution in [3.05, 3.63) is 23.8 Å². The van der Waals surface area contributed by atoms with E-state index in [1.54, 1.807) is 47.0 Å². The topological polar surface area (TPSA) is 267 Å². The van der Waals surface area contributed by atoms with E-state index in [9.17, 15) is 50.1 Å². The number of rotatable bonds is 13. The average molecular weight is 1150 g/mol. The Morgan fingerprint density at radius 3 is 2.26 bits per heavy atom. The fraction of sp³-hybridized carbons (Fsp3) is 0.887. The second-order valence-corrected chi connectivity index (χ2v) is 27.8. The summed E-state index contributed by atoms with van der Waals surface area (Å²) in [5.74, 6) is -3.98. The Kier molecular flexibility index (Phi) is 20.5. The van der Waals surface area contributed by atoms with Crippen molar-refractivity contribution >= 4 is 17.7 Å². The third-order valence-corrected chi connectivity index (χ3v) is 22.0. The lowest BCUT2D eigenvalue weighted by Crippen LogP contribution is -2.64. The summed E-state index contributed by atoms with van der Waals surface area (Å²) in [6.07, 6.45) is -2.31. The van der Waals surface area contributed by atoms with Crippen LogP contribution < -0.4 is 5.32 Å². The smallest absolute Gasteiger partial charge is 0.311 e. The number of aliphatic hydroxyl groups is 7. The SMILES string of the molecule is CC[C@H]1OC(=O)[C@H](C)[C@@H](OC2C[C@](C)(OC)[C@H](C)C(C)O2)[C@H](C)[C@@H](O[C@@H]2O[C@H](C)C[C@@H](N(C)C)[C@H]2O)[C@](C)(O)C[C@@H](C)CN(CCCNC(=O)C(O)[C@@]2(O)CCC3C4CCC5=CC(=O)C=C[C@]5(C)C4[C@@H](O)C[C@@]32C)[C@H](C)[C@@H](O)[C@]1(C)O. The molecule has 0 aromatic carbocycles. The lowest BCUT2D eigenvalue weighted by molar-refractivity contribution is -0.313. The Balaban J connectivity index is 1.13. The van der Waals surface area contributed by atoms with Crippen molar-refractivity contribution in [1.82, 2.24) is 15.1 Å². The zero-order valence-corrected chi connectivity index (χ0v) is 51.7. The van der Waals surface area contributed by atoms with Crippen LogP contribution in [0.5, 0.6) is 0 Å². The van der Waals surface area contributed by atoms with E-state index < -0.39 is 118 Å². The number of carbonyl (C=O) groups excluding carboxylic acids is 3. The highest BCUT2D eigenvalue weighted by Gasteiger charge is 2.69. The van der Waals surface area contributed by atoms with Crippen LogP contribution in [-0.2, 0) is 42.8 Å². The van der Waals surface area contributed by atoms with Gasteiger partial charge < -0.3 is 74.4 Å². The molecule has 0 spiro atoms. The van der Waals surface area contributed by atoms with Crippen LogP contribution in [0, 0.1) is 52.3 Å². The molecule has 7 rings (SSSR count). The van der Waals surface area contributed by atoms with Crippen LogP contribution in [0.2, 0.25) is 0 Å². The molecule has 3 aliphatic heterocycles. The zero-order valence-electron chi connectivity index (χ0n) is 51.7. The highest BCUT2D eigenvalue weighted by Crippen LogP contribution is 2.67. The van der Waals surface area contributed by atoms with Gasteiger partial charge in [-0.3, -0.25) is 19.3 Å².